The fraction of sp³-hybridized carbons (Fsp3) is 0.294. The quantitative estimate of drug-likeness (QED) is 0.887. The highest BCUT2D eigenvalue weighted by Gasteiger charge is 2.10. The Labute approximate surface area is 124 Å². The molecule has 0 fully saturated rings. The number of hydrogen-bond acceptors (Lipinski definition) is 4. The summed E-state index contributed by atoms with van der Waals surface area (Å²) in [5.74, 6) is 1.48. The van der Waals surface area contributed by atoms with Crippen LogP contribution >= 0.6 is 0 Å². The molecule has 0 spiro atoms. The zero-order chi connectivity index (χ0) is 15.2. The lowest BCUT2D eigenvalue weighted by molar-refractivity contribution is 0.185. The minimum Gasteiger partial charge on any atom is -0.497 e. The average molecular weight is 288 g/mol. The molecular formula is C17H20O4. The Morgan fingerprint density at radius 3 is 2.33 bits per heavy atom. The third-order valence-electron chi connectivity index (χ3n) is 3.37. The van der Waals surface area contributed by atoms with Crippen LogP contribution < -0.4 is 9.47 Å². The van der Waals surface area contributed by atoms with Gasteiger partial charge in [-0.15, -0.1) is 0 Å². The highest BCUT2D eigenvalue weighted by atomic mass is 16.5. The van der Waals surface area contributed by atoms with Gasteiger partial charge in [0.05, 0.1) is 27.4 Å². The minimum atomic E-state index is -0.0627. The van der Waals surface area contributed by atoms with Crippen molar-refractivity contribution < 1.29 is 19.3 Å². The molecule has 2 aromatic carbocycles. The van der Waals surface area contributed by atoms with Gasteiger partial charge in [0, 0.05) is 12.7 Å². The average Bonchev–Trinajstić information content (AvgIpc) is 2.54. The number of aliphatic hydroxyl groups is 1. The van der Waals surface area contributed by atoms with Crippen molar-refractivity contribution in [2.24, 2.45) is 0 Å². The lowest BCUT2D eigenvalue weighted by Crippen LogP contribution is -1.96. The molecule has 4 nitrogen and oxygen atoms in total. The van der Waals surface area contributed by atoms with E-state index in [1.165, 1.54) is 0 Å². The summed E-state index contributed by atoms with van der Waals surface area (Å²) >= 11 is 0. The van der Waals surface area contributed by atoms with E-state index in [9.17, 15) is 5.11 Å². The lowest BCUT2D eigenvalue weighted by Gasteiger charge is -2.13. The van der Waals surface area contributed by atoms with Crippen LogP contribution in [0.1, 0.15) is 11.1 Å². The van der Waals surface area contributed by atoms with Gasteiger partial charge in [0.25, 0.3) is 0 Å². The van der Waals surface area contributed by atoms with E-state index in [0.29, 0.717) is 12.4 Å². The van der Waals surface area contributed by atoms with Gasteiger partial charge in [-0.1, -0.05) is 12.1 Å². The normalized spacial score (nSPS) is 10.5. The molecule has 2 rings (SSSR count). The molecule has 112 valence electrons. The van der Waals surface area contributed by atoms with Crippen molar-refractivity contribution >= 4 is 0 Å². The van der Waals surface area contributed by atoms with Crippen LogP contribution in [0.2, 0.25) is 0 Å². The second-order valence-corrected chi connectivity index (χ2v) is 4.64. The monoisotopic (exact) mass is 288 g/mol. The van der Waals surface area contributed by atoms with E-state index >= 15 is 0 Å². The van der Waals surface area contributed by atoms with Crippen molar-refractivity contribution in [2.45, 2.75) is 13.2 Å². The van der Waals surface area contributed by atoms with Gasteiger partial charge < -0.3 is 19.3 Å². The molecule has 0 aliphatic carbocycles. The van der Waals surface area contributed by atoms with Crippen molar-refractivity contribution in [3.63, 3.8) is 0 Å². The van der Waals surface area contributed by atoms with Gasteiger partial charge in [0.15, 0.2) is 0 Å². The molecule has 1 N–H and O–H groups in total. The maximum atomic E-state index is 9.45. The number of ether oxygens (including phenoxy) is 3. The summed E-state index contributed by atoms with van der Waals surface area (Å²) in [7, 11) is 4.90. The van der Waals surface area contributed by atoms with E-state index in [1.807, 2.05) is 36.4 Å². The predicted octanol–water partition coefficient (Wildman–Crippen LogP) is 3.01. The smallest absolute Gasteiger partial charge is 0.124 e. The molecule has 0 saturated heterocycles. The second-order valence-electron chi connectivity index (χ2n) is 4.64. The van der Waals surface area contributed by atoms with Crippen LogP contribution in [-0.2, 0) is 18.0 Å². The molecule has 0 atom stereocenters. The number of rotatable bonds is 6. The van der Waals surface area contributed by atoms with Crippen molar-refractivity contribution in [2.75, 3.05) is 21.3 Å². The van der Waals surface area contributed by atoms with Gasteiger partial charge in [0.1, 0.15) is 11.5 Å². The first-order valence-corrected chi connectivity index (χ1v) is 6.67. The van der Waals surface area contributed by atoms with Crippen LogP contribution in [0.15, 0.2) is 36.4 Å². The van der Waals surface area contributed by atoms with E-state index in [4.69, 9.17) is 14.2 Å². The first-order valence-electron chi connectivity index (χ1n) is 6.67. The molecule has 0 bridgehead atoms. The van der Waals surface area contributed by atoms with Gasteiger partial charge in [-0.25, -0.2) is 0 Å². The van der Waals surface area contributed by atoms with E-state index in [1.54, 1.807) is 21.3 Å². The molecule has 0 unspecified atom stereocenters. The maximum Gasteiger partial charge on any atom is 0.124 e. The Kier molecular flexibility index (Phi) is 5.20. The molecule has 4 heteroatoms. The zero-order valence-corrected chi connectivity index (χ0v) is 12.6. The van der Waals surface area contributed by atoms with E-state index < -0.39 is 0 Å². The molecule has 2 aromatic rings. The zero-order valence-electron chi connectivity index (χ0n) is 12.6. The Balaban J connectivity index is 2.50. The third-order valence-corrected chi connectivity index (χ3v) is 3.37. The topological polar surface area (TPSA) is 47.9 Å². The molecule has 0 amide bonds. The van der Waals surface area contributed by atoms with Crippen molar-refractivity contribution in [1.82, 2.24) is 0 Å². The van der Waals surface area contributed by atoms with E-state index in [-0.39, 0.29) is 6.61 Å². The second kappa shape index (κ2) is 7.11. The first-order chi connectivity index (χ1) is 10.2. The summed E-state index contributed by atoms with van der Waals surface area (Å²) in [4.78, 5) is 0. The third kappa shape index (κ3) is 3.35. The Morgan fingerprint density at radius 2 is 1.71 bits per heavy atom. The van der Waals surface area contributed by atoms with E-state index in [0.717, 1.165) is 28.0 Å². The van der Waals surface area contributed by atoms with Crippen LogP contribution in [0.4, 0.5) is 0 Å². The number of benzene rings is 2. The van der Waals surface area contributed by atoms with Gasteiger partial charge in [0.2, 0.25) is 0 Å². The summed E-state index contributed by atoms with van der Waals surface area (Å²) in [6.45, 7) is 0.430. The molecule has 0 heterocycles. The summed E-state index contributed by atoms with van der Waals surface area (Å²) in [5.41, 5.74) is 3.85. The maximum absolute atomic E-state index is 9.45. The largest absolute Gasteiger partial charge is 0.497 e. The fourth-order valence-electron chi connectivity index (χ4n) is 2.32. The minimum absolute atomic E-state index is 0.0627. The van der Waals surface area contributed by atoms with Crippen molar-refractivity contribution in [3.8, 4) is 22.6 Å². The van der Waals surface area contributed by atoms with Crippen molar-refractivity contribution in [1.29, 1.82) is 0 Å². The molecule has 0 radical (unpaired) electrons. The molecule has 0 aliphatic rings. The van der Waals surface area contributed by atoms with Crippen molar-refractivity contribution in [3.05, 3.63) is 47.5 Å². The number of methoxy groups -OCH3 is 3. The number of aliphatic hydroxyl groups excluding tert-OH is 1. The number of hydrogen-bond donors (Lipinski definition) is 1. The summed E-state index contributed by atoms with van der Waals surface area (Å²) in [6.07, 6.45) is 0. The van der Waals surface area contributed by atoms with Crippen LogP contribution in [0, 0.1) is 0 Å². The molecule has 21 heavy (non-hydrogen) atoms. The fourth-order valence-corrected chi connectivity index (χ4v) is 2.32. The Morgan fingerprint density at radius 1 is 0.905 bits per heavy atom. The van der Waals surface area contributed by atoms with Crippen LogP contribution in [-0.4, -0.2) is 26.4 Å². The van der Waals surface area contributed by atoms with Crippen LogP contribution in [0.25, 0.3) is 11.1 Å². The molecular weight excluding hydrogens is 268 g/mol. The lowest BCUT2D eigenvalue weighted by atomic mass is 9.97. The Hall–Kier alpha value is -2.04. The standard InChI is InChI=1S/C17H20O4/c1-19-11-14-9-15(20-2)5-6-16(14)12-4-7-17(21-3)13(8-12)10-18/h4-9,18H,10-11H2,1-3H3. The van der Waals surface area contributed by atoms with Gasteiger partial charge in [-0.05, 0) is 41.0 Å². The summed E-state index contributed by atoms with van der Waals surface area (Å²) in [6, 6.07) is 11.6. The van der Waals surface area contributed by atoms with Gasteiger partial charge in [-0.3, -0.25) is 0 Å². The molecule has 0 aliphatic heterocycles. The summed E-state index contributed by atoms with van der Waals surface area (Å²) < 4.78 is 15.8. The first kappa shape index (κ1) is 15.4. The highest BCUT2D eigenvalue weighted by molar-refractivity contribution is 5.70. The van der Waals surface area contributed by atoms with Crippen LogP contribution in [0.5, 0.6) is 11.5 Å². The highest BCUT2D eigenvalue weighted by Crippen LogP contribution is 2.31. The van der Waals surface area contributed by atoms with E-state index in [2.05, 4.69) is 0 Å². The Bertz CT molecular complexity index is 608. The van der Waals surface area contributed by atoms with Gasteiger partial charge in [-0.2, -0.15) is 0 Å². The van der Waals surface area contributed by atoms with Gasteiger partial charge >= 0.3 is 0 Å². The van der Waals surface area contributed by atoms with Crippen LogP contribution in [0.3, 0.4) is 0 Å². The summed E-state index contributed by atoms with van der Waals surface area (Å²) in [5, 5.41) is 9.45. The molecule has 0 saturated carbocycles. The SMILES string of the molecule is COCc1cc(OC)ccc1-c1ccc(OC)c(CO)c1. The predicted molar refractivity (Wildman–Crippen MR) is 81.6 cm³/mol. The molecule has 0 aromatic heterocycles.